The molecule has 4 rings (SSSR count). The summed E-state index contributed by atoms with van der Waals surface area (Å²) in [5, 5.41) is 10.4. The van der Waals surface area contributed by atoms with Crippen molar-refractivity contribution in [3.63, 3.8) is 0 Å². The fraction of sp³-hybridized carbons (Fsp3) is 0.200. The van der Waals surface area contributed by atoms with Crippen LogP contribution < -0.4 is 20.1 Å². The number of anilines is 2. The van der Waals surface area contributed by atoms with E-state index in [0.717, 1.165) is 5.56 Å². The van der Waals surface area contributed by atoms with Crippen molar-refractivity contribution in [3.8, 4) is 11.5 Å². The lowest BCUT2D eigenvalue weighted by Crippen LogP contribution is -2.31. The van der Waals surface area contributed by atoms with Crippen LogP contribution in [-0.4, -0.2) is 39.9 Å². The Hall–Kier alpha value is -3.88. The van der Waals surface area contributed by atoms with Gasteiger partial charge in [0.1, 0.15) is 12.4 Å². The number of allylic oxidation sites excluding steroid dienone is 1. The number of aromatic nitrogens is 4. The minimum Gasteiger partial charge on any atom is -0.493 e. The van der Waals surface area contributed by atoms with E-state index in [1.165, 1.54) is 6.33 Å². The molecule has 0 spiro atoms. The van der Waals surface area contributed by atoms with Crippen LogP contribution in [-0.2, 0) is 4.79 Å². The van der Waals surface area contributed by atoms with Gasteiger partial charge in [-0.2, -0.15) is 10.1 Å². The van der Waals surface area contributed by atoms with Gasteiger partial charge in [0.05, 0.1) is 31.7 Å². The monoisotopic (exact) mass is 392 g/mol. The molecule has 1 atom stereocenters. The average molecular weight is 392 g/mol. The Morgan fingerprint density at radius 1 is 1.21 bits per heavy atom. The Kier molecular flexibility index (Phi) is 4.86. The number of hydrogen-bond acceptors (Lipinski definition) is 7. The normalized spacial score (nSPS) is 15.3. The van der Waals surface area contributed by atoms with Crippen molar-refractivity contribution in [1.29, 1.82) is 0 Å². The molecule has 2 N–H and O–H groups in total. The minimum atomic E-state index is -0.495. The number of fused-ring (bicyclic) bond motifs is 1. The third kappa shape index (κ3) is 3.38. The maximum absolute atomic E-state index is 13.2. The van der Waals surface area contributed by atoms with Gasteiger partial charge in [0.2, 0.25) is 5.95 Å². The number of benzene rings is 1. The molecule has 0 aliphatic carbocycles. The Bertz CT molecular complexity index is 1080. The number of amides is 1. The molecule has 1 unspecified atom stereocenters. The van der Waals surface area contributed by atoms with Gasteiger partial charge >= 0.3 is 0 Å². The van der Waals surface area contributed by atoms with E-state index in [2.05, 4.69) is 25.7 Å². The van der Waals surface area contributed by atoms with E-state index in [1.807, 2.05) is 19.1 Å². The summed E-state index contributed by atoms with van der Waals surface area (Å²) in [7, 11) is 3.15. The smallest absolute Gasteiger partial charge is 0.255 e. The lowest BCUT2D eigenvalue weighted by atomic mass is 9.94. The number of nitrogens with zero attached hydrogens (tertiary/aromatic N) is 4. The quantitative estimate of drug-likeness (QED) is 0.688. The second-order valence-corrected chi connectivity index (χ2v) is 6.40. The Labute approximate surface area is 167 Å². The average Bonchev–Trinajstić information content (AvgIpc) is 3.20. The zero-order chi connectivity index (χ0) is 20.4. The van der Waals surface area contributed by atoms with Crippen LogP contribution in [0.2, 0.25) is 0 Å². The Morgan fingerprint density at radius 3 is 2.76 bits per heavy atom. The second kappa shape index (κ2) is 7.63. The third-order valence-electron chi connectivity index (χ3n) is 4.68. The first kappa shape index (κ1) is 18.5. The number of methoxy groups -OCH3 is 2. The molecule has 9 nitrogen and oxygen atoms in total. The molecule has 1 amide bonds. The van der Waals surface area contributed by atoms with Gasteiger partial charge in [-0.05, 0) is 36.8 Å². The van der Waals surface area contributed by atoms with Gasteiger partial charge in [-0.1, -0.05) is 6.07 Å². The summed E-state index contributed by atoms with van der Waals surface area (Å²) in [5.74, 6) is 1.46. The fourth-order valence-corrected chi connectivity index (χ4v) is 3.35. The highest BCUT2D eigenvalue weighted by atomic mass is 16.5. The number of hydrogen-bond donors (Lipinski definition) is 2. The molecule has 29 heavy (non-hydrogen) atoms. The standard InChI is InChI=1S/C20H20N6O3/c1-12-17(19(27)25-14-5-4-8-21-10-14)18(26-20(24-12)22-11-23-26)13-6-7-15(28-2)16(9-13)29-3/h4-11,18H,1-3H3,(H,25,27)(H,22,23,24). The molecule has 2 aromatic heterocycles. The van der Waals surface area contributed by atoms with Gasteiger partial charge in [0, 0.05) is 11.9 Å². The van der Waals surface area contributed by atoms with Gasteiger partial charge in [-0.3, -0.25) is 9.78 Å². The van der Waals surface area contributed by atoms with Gasteiger partial charge in [0.15, 0.2) is 11.5 Å². The van der Waals surface area contributed by atoms with Gasteiger partial charge in [-0.15, -0.1) is 0 Å². The number of nitrogens with one attached hydrogen (secondary N) is 2. The zero-order valence-corrected chi connectivity index (χ0v) is 16.2. The van der Waals surface area contributed by atoms with Crippen molar-refractivity contribution in [1.82, 2.24) is 19.7 Å². The lowest BCUT2D eigenvalue weighted by Gasteiger charge is -2.29. The molecule has 0 saturated heterocycles. The van der Waals surface area contributed by atoms with Crippen LogP contribution in [0.5, 0.6) is 11.5 Å². The van der Waals surface area contributed by atoms with Crippen molar-refractivity contribution in [2.45, 2.75) is 13.0 Å². The van der Waals surface area contributed by atoms with Crippen molar-refractivity contribution >= 4 is 17.5 Å². The van der Waals surface area contributed by atoms with Gasteiger partial charge < -0.3 is 20.1 Å². The molecule has 0 saturated carbocycles. The first-order valence-electron chi connectivity index (χ1n) is 8.93. The SMILES string of the molecule is COc1ccc(C2C(C(=O)Nc3cccnc3)=C(C)Nc3ncnn32)cc1OC. The number of carbonyl (C=O) groups is 1. The summed E-state index contributed by atoms with van der Waals surface area (Å²) in [4.78, 5) is 21.5. The largest absolute Gasteiger partial charge is 0.493 e. The predicted molar refractivity (Wildman–Crippen MR) is 107 cm³/mol. The maximum atomic E-state index is 13.2. The van der Waals surface area contributed by atoms with E-state index in [4.69, 9.17) is 9.47 Å². The van der Waals surface area contributed by atoms with Crippen LogP contribution in [0.15, 0.2) is 60.3 Å². The molecule has 1 aliphatic heterocycles. The first-order chi connectivity index (χ1) is 14.1. The molecule has 148 valence electrons. The predicted octanol–water partition coefficient (Wildman–Crippen LogP) is 2.62. The lowest BCUT2D eigenvalue weighted by molar-refractivity contribution is -0.113. The number of rotatable bonds is 5. The second-order valence-electron chi connectivity index (χ2n) is 6.40. The number of carbonyl (C=O) groups excluding carboxylic acids is 1. The summed E-state index contributed by atoms with van der Waals surface area (Å²) in [5.41, 5.74) is 2.62. The third-order valence-corrected chi connectivity index (χ3v) is 4.68. The maximum Gasteiger partial charge on any atom is 0.255 e. The van der Waals surface area contributed by atoms with E-state index in [-0.39, 0.29) is 5.91 Å². The molecule has 0 radical (unpaired) electrons. The molecule has 1 aliphatic rings. The molecule has 3 heterocycles. The zero-order valence-electron chi connectivity index (χ0n) is 16.2. The Morgan fingerprint density at radius 2 is 2.03 bits per heavy atom. The molecule has 9 heteroatoms. The topological polar surface area (TPSA) is 103 Å². The van der Waals surface area contributed by atoms with Crippen LogP contribution in [0.25, 0.3) is 0 Å². The van der Waals surface area contributed by atoms with Gasteiger partial charge in [0.25, 0.3) is 5.91 Å². The summed E-state index contributed by atoms with van der Waals surface area (Å²) in [6, 6.07) is 8.57. The minimum absolute atomic E-state index is 0.260. The number of pyridine rings is 1. The van der Waals surface area contributed by atoms with Crippen molar-refractivity contribution in [3.05, 3.63) is 65.9 Å². The molecule has 0 bridgehead atoms. The first-order valence-corrected chi connectivity index (χ1v) is 8.93. The molecule has 3 aromatic rings. The van der Waals surface area contributed by atoms with E-state index in [9.17, 15) is 4.79 Å². The number of ether oxygens (including phenoxy) is 2. The van der Waals surface area contributed by atoms with E-state index >= 15 is 0 Å². The van der Waals surface area contributed by atoms with Crippen LogP contribution in [0, 0.1) is 0 Å². The molecular formula is C20H20N6O3. The molecular weight excluding hydrogens is 372 g/mol. The van der Waals surface area contributed by atoms with E-state index in [0.29, 0.717) is 34.4 Å². The van der Waals surface area contributed by atoms with E-state index < -0.39 is 6.04 Å². The Balaban J connectivity index is 1.79. The van der Waals surface area contributed by atoms with Crippen LogP contribution in [0.3, 0.4) is 0 Å². The van der Waals surface area contributed by atoms with Crippen molar-refractivity contribution < 1.29 is 14.3 Å². The highest BCUT2D eigenvalue weighted by molar-refractivity contribution is 6.05. The summed E-state index contributed by atoms with van der Waals surface area (Å²) < 4.78 is 12.5. The summed E-state index contributed by atoms with van der Waals surface area (Å²) in [6.45, 7) is 1.84. The van der Waals surface area contributed by atoms with Gasteiger partial charge in [-0.25, -0.2) is 4.68 Å². The highest BCUT2D eigenvalue weighted by Gasteiger charge is 2.34. The molecule has 1 aromatic carbocycles. The van der Waals surface area contributed by atoms with Crippen LogP contribution in [0.1, 0.15) is 18.5 Å². The van der Waals surface area contributed by atoms with E-state index in [1.54, 1.807) is 49.5 Å². The van der Waals surface area contributed by atoms with Crippen LogP contribution in [0.4, 0.5) is 11.6 Å². The fourth-order valence-electron chi connectivity index (χ4n) is 3.35. The highest BCUT2D eigenvalue weighted by Crippen LogP contribution is 2.38. The van der Waals surface area contributed by atoms with Crippen molar-refractivity contribution in [2.75, 3.05) is 24.9 Å². The summed E-state index contributed by atoms with van der Waals surface area (Å²) >= 11 is 0. The van der Waals surface area contributed by atoms with Crippen LogP contribution >= 0.6 is 0 Å². The molecule has 0 fully saturated rings. The summed E-state index contributed by atoms with van der Waals surface area (Å²) in [6.07, 6.45) is 4.69. The van der Waals surface area contributed by atoms with Crippen molar-refractivity contribution in [2.24, 2.45) is 0 Å².